The largest absolute Gasteiger partial charge is 0.494 e. The molecule has 0 atom stereocenters. The Morgan fingerprint density at radius 1 is 1.42 bits per heavy atom. The van der Waals surface area contributed by atoms with Crippen LogP contribution >= 0.6 is 0 Å². The van der Waals surface area contributed by atoms with Crippen LogP contribution in [0.25, 0.3) is 0 Å². The molecule has 1 aromatic rings. The topological polar surface area (TPSA) is 64.3 Å². The van der Waals surface area contributed by atoms with Crippen LogP contribution in [0.3, 0.4) is 0 Å². The van der Waals surface area contributed by atoms with Gasteiger partial charge in [0, 0.05) is 17.8 Å². The molecule has 0 aromatic heterocycles. The first kappa shape index (κ1) is 15.3. The molecule has 3 N–H and O–H groups in total. The number of benzene rings is 1. The molecular formula is C12H15F3N2O2. The fourth-order valence-electron chi connectivity index (χ4n) is 1.50. The smallest absolute Gasteiger partial charge is 0.397 e. The second-order valence-corrected chi connectivity index (χ2v) is 3.80. The zero-order chi connectivity index (χ0) is 14.5. The molecule has 7 heteroatoms. The lowest BCUT2D eigenvalue weighted by molar-refractivity contribution is -0.150. The Balaban J connectivity index is 2.77. The fraction of sp³-hybridized carbons (Fsp3) is 0.417. The summed E-state index contributed by atoms with van der Waals surface area (Å²) in [4.78, 5) is 11.1. The monoisotopic (exact) mass is 276 g/mol. The summed E-state index contributed by atoms with van der Waals surface area (Å²) in [5, 5.41) is 2.17. The summed E-state index contributed by atoms with van der Waals surface area (Å²) in [6, 6.07) is 4.53. The van der Waals surface area contributed by atoms with Crippen molar-refractivity contribution in [3.05, 3.63) is 23.8 Å². The van der Waals surface area contributed by atoms with Gasteiger partial charge in [-0.1, -0.05) is 0 Å². The normalized spacial score (nSPS) is 11.2. The Bertz CT molecular complexity index is 447. The van der Waals surface area contributed by atoms with Gasteiger partial charge in [-0.3, -0.25) is 4.79 Å². The van der Waals surface area contributed by atoms with Crippen LogP contribution in [0.1, 0.15) is 18.9 Å². The lowest BCUT2D eigenvalue weighted by Gasteiger charge is -2.12. The zero-order valence-corrected chi connectivity index (χ0v) is 10.4. The number of ether oxygens (including phenoxy) is 1. The van der Waals surface area contributed by atoms with Crippen LogP contribution in [-0.4, -0.2) is 18.7 Å². The quantitative estimate of drug-likeness (QED) is 0.868. The van der Waals surface area contributed by atoms with Crippen LogP contribution in [0.5, 0.6) is 5.75 Å². The van der Waals surface area contributed by atoms with E-state index < -0.39 is 18.5 Å². The van der Waals surface area contributed by atoms with Crippen molar-refractivity contribution in [1.29, 1.82) is 0 Å². The molecule has 19 heavy (non-hydrogen) atoms. The predicted molar refractivity (Wildman–Crippen MR) is 64.8 cm³/mol. The first-order valence-electron chi connectivity index (χ1n) is 5.68. The molecule has 0 fully saturated rings. The Labute approximate surface area is 108 Å². The summed E-state index contributed by atoms with van der Waals surface area (Å²) in [5.41, 5.74) is 6.39. The van der Waals surface area contributed by atoms with Crippen molar-refractivity contribution in [3.8, 4) is 5.75 Å². The first-order valence-corrected chi connectivity index (χ1v) is 5.68. The maximum atomic E-state index is 12.0. The van der Waals surface area contributed by atoms with Gasteiger partial charge in [0.1, 0.15) is 12.2 Å². The molecule has 0 radical (unpaired) electrons. The standard InChI is InChI=1S/C12H15F3N2O2/c1-2-19-10-4-3-9(5-8(10)7-16)17-11(18)6-12(13,14)15/h3-5H,2,6-7,16H2,1H3,(H,17,18). The molecule has 0 unspecified atom stereocenters. The van der Waals surface area contributed by atoms with Crippen molar-refractivity contribution < 1.29 is 22.7 Å². The number of nitrogens with two attached hydrogens (primary N) is 1. The molecule has 0 heterocycles. The van der Waals surface area contributed by atoms with E-state index in [9.17, 15) is 18.0 Å². The summed E-state index contributed by atoms with van der Waals surface area (Å²) >= 11 is 0. The number of carbonyl (C=O) groups is 1. The number of anilines is 1. The van der Waals surface area contributed by atoms with Gasteiger partial charge >= 0.3 is 6.18 Å². The van der Waals surface area contributed by atoms with E-state index in [1.165, 1.54) is 12.1 Å². The second kappa shape index (κ2) is 6.42. The molecule has 0 aliphatic rings. The molecule has 0 spiro atoms. The highest BCUT2D eigenvalue weighted by atomic mass is 19.4. The van der Waals surface area contributed by atoms with E-state index in [1.54, 1.807) is 13.0 Å². The lowest BCUT2D eigenvalue weighted by Crippen LogP contribution is -2.21. The van der Waals surface area contributed by atoms with E-state index >= 15 is 0 Å². The third-order valence-electron chi connectivity index (χ3n) is 2.23. The first-order chi connectivity index (χ1) is 8.85. The molecule has 1 aromatic carbocycles. The maximum Gasteiger partial charge on any atom is 0.397 e. The highest BCUT2D eigenvalue weighted by molar-refractivity contribution is 5.91. The predicted octanol–water partition coefficient (Wildman–Crippen LogP) is 2.43. The van der Waals surface area contributed by atoms with E-state index in [1.807, 2.05) is 0 Å². The third-order valence-corrected chi connectivity index (χ3v) is 2.23. The third kappa shape index (κ3) is 5.17. The molecule has 0 aliphatic heterocycles. The van der Waals surface area contributed by atoms with Crippen molar-refractivity contribution in [2.24, 2.45) is 5.73 Å². The van der Waals surface area contributed by atoms with Gasteiger partial charge in [-0.2, -0.15) is 13.2 Å². The van der Waals surface area contributed by atoms with E-state index in [0.717, 1.165) is 0 Å². The minimum Gasteiger partial charge on any atom is -0.494 e. The second-order valence-electron chi connectivity index (χ2n) is 3.80. The Kier molecular flexibility index (Phi) is 5.17. The molecule has 1 rings (SSSR count). The molecular weight excluding hydrogens is 261 g/mol. The Morgan fingerprint density at radius 3 is 2.63 bits per heavy atom. The van der Waals surface area contributed by atoms with Gasteiger partial charge in [0.25, 0.3) is 0 Å². The lowest BCUT2D eigenvalue weighted by atomic mass is 10.1. The van der Waals surface area contributed by atoms with Gasteiger partial charge in [0.2, 0.25) is 5.91 Å². The maximum absolute atomic E-state index is 12.0. The van der Waals surface area contributed by atoms with Crippen molar-refractivity contribution in [1.82, 2.24) is 0 Å². The van der Waals surface area contributed by atoms with Gasteiger partial charge < -0.3 is 15.8 Å². The summed E-state index contributed by atoms with van der Waals surface area (Å²) in [5.74, 6) is -0.557. The zero-order valence-electron chi connectivity index (χ0n) is 10.4. The highest BCUT2D eigenvalue weighted by Crippen LogP contribution is 2.24. The average molecular weight is 276 g/mol. The molecule has 0 bridgehead atoms. The molecule has 4 nitrogen and oxygen atoms in total. The van der Waals surface area contributed by atoms with E-state index in [2.05, 4.69) is 5.32 Å². The van der Waals surface area contributed by atoms with Crippen molar-refractivity contribution in [3.63, 3.8) is 0 Å². The molecule has 106 valence electrons. The number of rotatable bonds is 5. The molecule has 0 saturated heterocycles. The Hall–Kier alpha value is -1.76. The Morgan fingerprint density at radius 2 is 2.11 bits per heavy atom. The van der Waals surface area contributed by atoms with Gasteiger partial charge in [0.05, 0.1) is 6.61 Å². The fourth-order valence-corrected chi connectivity index (χ4v) is 1.50. The van der Waals surface area contributed by atoms with Gasteiger partial charge in [-0.15, -0.1) is 0 Å². The van der Waals surface area contributed by atoms with Crippen molar-refractivity contribution in [2.75, 3.05) is 11.9 Å². The van der Waals surface area contributed by atoms with Crippen molar-refractivity contribution in [2.45, 2.75) is 26.1 Å². The van der Waals surface area contributed by atoms with Crippen LogP contribution in [-0.2, 0) is 11.3 Å². The van der Waals surface area contributed by atoms with Crippen molar-refractivity contribution >= 4 is 11.6 Å². The minimum atomic E-state index is -4.52. The van der Waals surface area contributed by atoms with E-state index in [0.29, 0.717) is 17.9 Å². The van der Waals surface area contributed by atoms with Crippen LogP contribution in [0.15, 0.2) is 18.2 Å². The van der Waals surface area contributed by atoms with E-state index in [4.69, 9.17) is 10.5 Å². The summed E-state index contributed by atoms with van der Waals surface area (Å²) in [7, 11) is 0. The van der Waals surface area contributed by atoms with Crippen LogP contribution in [0.2, 0.25) is 0 Å². The molecule has 0 saturated carbocycles. The number of hydrogen-bond acceptors (Lipinski definition) is 3. The average Bonchev–Trinajstić information content (AvgIpc) is 2.28. The van der Waals surface area contributed by atoms with Crippen LogP contribution in [0, 0.1) is 0 Å². The number of halogens is 3. The summed E-state index contributed by atoms with van der Waals surface area (Å²) in [6.45, 7) is 2.42. The van der Waals surface area contributed by atoms with Crippen LogP contribution in [0.4, 0.5) is 18.9 Å². The van der Waals surface area contributed by atoms with Gasteiger partial charge in [0.15, 0.2) is 0 Å². The SMILES string of the molecule is CCOc1ccc(NC(=O)CC(F)(F)F)cc1CN. The highest BCUT2D eigenvalue weighted by Gasteiger charge is 2.31. The number of alkyl halides is 3. The summed E-state index contributed by atoms with van der Waals surface area (Å²) < 4.78 is 41.3. The number of carbonyl (C=O) groups excluding carboxylic acids is 1. The minimum absolute atomic E-state index is 0.165. The van der Waals surface area contributed by atoms with Gasteiger partial charge in [-0.05, 0) is 25.1 Å². The molecule has 0 aliphatic carbocycles. The number of amides is 1. The summed E-state index contributed by atoms with van der Waals surface area (Å²) in [6.07, 6.45) is -6.04. The number of nitrogens with one attached hydrogen (secondary N) is 1. The number of hydrogen-bond donors (Lipinski definition) is 2. The molecule has 1 amide bonds. The van der Waals surface area contributed by atoms with E-state index in [-0.39, 0.29) is 12.2 Å². The van der Waals surface area contributed by atoms with Gasteiger partial charge in [-0.25, -0.2) is 0 Å². The van der Waals surface area contributed by atoms with Crippen LogP contribution < -0.4 is 15.8 Å².